The Morgan fingerprint density at radius 3 is 2.32 bits per heavy atom. The van der Waals surface area contributed by atoms with Gasteiger partial charge in [0.1, 0.15) is 11.6 Å². The van der Waals surface area contributed by atoms with Crippen LogP contribution in [-0.2, 0) is 4.74 Å². The lowest BCUT2D eigenvalue weighted by molar-refractivity contribution is 0.0974. The van der Waals surface area contributed by atoms with Gasteiger partial charge in [-0.1, -0.05) is 0 Å². The highest BCUT2D eigenvalue weighted by atomic mass is 19.1. The molecule has 0 bridgehead atoms. The Kier molecular flexibility index (Phi) is 6.20. The Morgan fingerprint density at radius 1 is 0.941 bits per heavy atom. The summed E-state index contributed by atoms with van der Waals surface area (Å²) in [5.41, 5.74) is 3.79. The number of carbonyl (C=O) groups is 1. The molecule has 1 fully saturated rings. The molecule has 176 valence electrons. The molecule has 2 aliphatic heterocycles. The summed E-state index contributed by atoms with van der Waals surface area (Å²) in [6.07, 6.45) is 0.589. The molecule has 1 saturated heterocycles. The van der Waals surface area contributed by atoms with Crippen molar-refractivity contribution in [2.75, 3.05) is 41.4 Å². The minimum Gasteiger partial charge on any atom is -0.378 e. The molecule has 2 heterocycles. The van der Waals surface area contributed by atoms with Gasteiger partial charge in [-0.15, -0.1) is 0 Å². The van der Waals surface area contributed by atoms with Gasteiger partial charge in [-0.3, -0.25) is 4.79 Å². The number of hydrogen-bond donors (Lipinski definition) is 1. The van der Waals surface area contributed by atoms with Gasteiger partial charge in [0.15, 0.2) is 0 Å². The molecular formula is C27H27F2N3O2. The van der Waals surface area contributed by atoms with Crippen LogP contribution >= 0.6 is 0 Å². The molecule has 0 unspecified atom stereocenters. The van der Waals surface area contributed by atoms with Crippen LogP contribution in [0.5, 0.6) is 0 Å². The Balaban J connectivity index is 1.41. The molecule has 0 radical (unpaired) electrons. The summed E-state index contributed by atoms with van der Waals surface area (Å²) in [6.45, 7) is 5.06. The van der Waals surface area contributed by atoms with Gasteiger partial charge >= 0.3 is 0 Å². The minimum absolute atomic E-state index is 0.117. The zero-order valence-corrected chi connectivity index (χ0v) is 19.0. The predicted octanol–water partition coefficient (Wildman–Crippen LogP) is 5.39. The van der Waals surface area contributed by atoms with Crippen molar-refractivity contribution in [1.29, 1.82) is 0 Å². The van der Waals surface area contributed by atoms with Gasteiger partial charge in [-0.05, 0) is 80.1 Å². The Hall–Kier alpha value is -3.45. The average molecular weight is 464 g/mol. The van der Waals surface area contributed by atoms with Crippen molar-refractivity contribution >= 4 is 23.0 Å². The molecule has 0 saturated carbocycles. The topological polar surface area (TPSA) is 44.8 Å². The molecule has 3 aromatic rings. The van der Waals surface area contributed by atoms with Gasteiger partial charge in [0.05, 0.1) is 19.3 Å². The number of morpholine rings is 1. The maximum Gasteiger partial charge on any atom is 0.258 e. The third-order valence-corrected chi connectivity index (χ3v) is 6.54. The SMILES string of the molecule is C[C@@H]1C[C@H](Nc2ccc(F)cc2)c2cc(F)ccc2N1C(=O)c1ccc(N2CCOCC2)cc1. The molecule has 7 heteroatoms. The zero-order chi connectivity index (χ0) is 23.7. The quantitative estimate of drug-likeness (QED) is 0.563. The number of fused-ring (bicyclic) bond motifs is 1. The van der Waals surface area contributed by atoms with Crippen molar-refractivity contribution in [2.45, 2.75) is 25.4 Å². The second-order valence-corrected chi connectivity index (χ2v) is 8.81. The van der Waals surface area contributed by atoms with Crippen molar-refractivity contribution in [3.8, 4) is 0 Å². The summed E-state index contributed by atoms with van der Waals surface area (Å²) in [7, 11) is 0. The van der Waals surface area contributed by atoms with Crippen LogP contribution in [0.25, 0.3) is 0 Å². The van der Waals surface area contributed by atoms with E-state index in [0.29, 0.717) is 36.4 Å². The Labute approximate surface area is 197 Å². The summed E-state index contributed by atoms with van der Waals surface area (Å²) in [5, 5.41) is 3.38. The van der Waals surface area contributed by atoms with E-state index in [1.807, 2.05) is 31.2 Å². The molecular weight excluding hydrogens is 436 g/mol. The molecule has 0 aliphatic carbocycles. The molecule has 1 amide bonds. The third kappa shape index (κ3) is 4.48. The van der Waals surface area contributed by atoms with E-state index in [2.05, 4.69) is 10.2 Å². The molecule has 5 nitrogen and oxygen atoms in total. The first-order chi connectivity index (χ1) is 16.5. The number of carbonyl (C=O) groups excluding carboxylic acids is 1. The van der Waals surface area contributed by atoms with Crippen molar-refractivity contribution in [3.63, 3.8) is 0 Å². The summed E-state index contributed by atoms with van der Waals surface area (Å²) in [6, 6.07) is 17.9. The van der Waals surface area contributed by atoms with Crippen LogP contribution < -0.4 is 15.1 Å². The first kappa shape index (κ1) is 22.3. The van der Waals surface area contributed by atoms with Crippen LogP contribution in [0.2, 0.25) is 0 Å². The standard InChI is InChI=1S/C27H27F2N3O2/c1-18-16-25(30-22-7-4-20(28)5-8-22)24-17-21(29)6-11-26(24)32(18)27(33)19-2-9-23(10-3-19)31-12-14-34-15-13-31/h2-11,17-18,25,30H,12-16H2,1H3/t18-,25+/m1/s1. The number of anilines is 3. The van der Waals surface area contributed by atoms with Gasteiger partial charge in [0.2, 0.25) is 0 Å². The molecule has 3 aromatic carbocycles. The number of nitrogens with zero attached hydrogens (tertiary/aromatic N) is 2. The summed E-state index contributed by atoms with van der Waals surface area (Å²) < 4.78 is 33.0. The maximum absolute atomic E-state index is 14.2. The molecule has 0 aromatic heterocycles. The van der Waals surface area contributed by atoms with Crippen LogP contribution in [0.3, 0.4) is 0 Å². The maximum atomic E-state index is 14.2. The normalized spacial score (nSPS) is 20.1. The lowest BCUT2D eigenvalue weighted by Gasteiger charge is -2.40. The highest BCUT2D eigenvalue weighted by Crippen LogP contribution is 2.40. The van der Waals surface area contributed by atoms with Crippen LogP contribution in [0.15, 0.2) is 66.7 Å². The fraction of sp³-hybridized carbons (Fsp3) is 0.296. The largest absolute Gasteiger partial charge is 0.378 e. The lowest BCUT2D eigenvalue weighted by atomic mass is 9.90. The average Bonchev–Trinajstić information content (AvgIpc) is 2.86. The van der Waals surface area contributed by atoms with Crippen molar-refractivity contribution in [2.24, 2.45) is 0 Å². The van der Waals surface area contributed by atoms with E-state index in [1.165, 1.54) is 24.3 Å². The summed E-state index contributed by atoms with van der Waals surface area (Å²) in [4.78, 5) is 17.6. The van der Waals surface area contributed by atoms with E-state index in [4.69, 9.17) is 4.74 Å². The first-order valence-electron chi connectivity index (χ1n) is 11.6. The van der Waals surface area contributed by atoms with Crippen molar-refractivity contribution < 1.29 is 18.3 Å². The van der Waals surface area contributed by atoms with Crippen LogP contribution in [-0.4, -0.2) is 38.3 Å². The second kappa shape index (κ2) is 9.43. The van der Waals surface area contributed by atoms with E-state index in [-0.39, 0.29) is 29.6 Å². The number of ether oxygens (including phenoxy) is 1. The van der Waals surface area contributed by atoms with Crippen LogP contribution in [0.4, 0.5) is 25.8 Å². The predicted molar refractivity (Wildman–Crippen MR) is 130 cm³/mol. The second-order valence-electron chi connectivity index (χ2n) is 8.81. The lowest BCUT2D eigenvalue weighted by Crippen LogP contribution is -2.44. The van der Waals surface area contributed by atoms with Gasteiger partial charge in [0.25, 0.3) is 5.91 Å². The fourth-order valence-electron chi connectivity index (χ4n) is 4.80. The van der Waals surface area contributed by atoms with Gasteiger partial charge < -0.3 is 19.9 Å². The van der Waals surface area contributed by atoms with Crippen molar-refractivity contribution in [3.05, 3.63) is 89.5 Å². The molecule has 2 aliphatic rings. The van der Waals surface area contributed by atoms with E-state index in [9.17, 15) is 13.6 Å². The van der Waals surface area contributed by atoms with Gasteiger partial charge in [-0.25, -0.2) is 8.78 Å². The van der Waals surface area contributed by atoms with Crippen molar-refractivity contribution in [1.82, 2.24) is 0 Å². The minimum atomic E-state index is -0.360. The molecule has 1 N–H and O–H groups in total. The highest BCUT2D eigenvalue weighted by Gasteiger charge is 2.34. The van der Waals surface area contributed by atoms with Gasteiger partial charge in [0, 0.05) is 47.3 Å². The van der Waals surface area contributed by atoms with E-state index in [1.54, 1.807) is 23.1 Å². The number of benzene rings is 3. The Bertz CT molecular complexity index is 1160. The molecule has 2 atom stereocenters. The number of hydrogen-bond acceptors (Lipinski definition) is 4. The van der Waals surface area contributed by atoms with Crippen LogP contribution in [0.1, 0.15) is 35.3 Å². The monoisotopic (exact) mass is 463 g/mol. The van der Waals surface area contributed by atoms with E-state index >= 15 is 0 Å². The number of halogens is 2. The van der Waals surface area contributed by atoms with Crippen LogP contribution in [0, 0.1) is 11.6 Å². The summed E-state index contributed by atoms with van der Waals surface area (Å²) >= 11 is 0. The number of nitrogens with one attached hydrogen (secondary N) is 1. The number of amides is 1. The molecule has 34 heavy (non-hydrogen) atoms. The third-order valence-electron chi connectivity index (χ3n) is 6.54. The number of rotatable bonds is 4. The van der Waals surface area contributed by atoms with E-state index in [0.717, 1.165) is 24.5 Å². The fourth-order valence-corrected chi connectivity index (χ4v) is 4.80. The highest BCUT2D eigenvalue weighted by molar-refractivity contribution is 6.07. The van der Waals surface area contributed by atoms with E-state index < -0.39 is 0 Å². The zero-order valence-electron chi connectivity index (χ0n) is 19.0. The molecule has 0 spiro atoms. The molecule has 5 rings (SSSR count). The smallest absolute Gasteiger partial charge is 0.258 e. The first-order valence-corrected chi connectivity index (χ1v) is 11.6. The Morgan fingerprint density at radius 2 is 1.62 bits per heavy atom. The summed E-state index contributed by atoms with van der Waals surface area (Å²) in [5.74, 6) is -0.791. The van der Waals surface area contributed by atoms with Gasteiger partial charge in [-0.2, -0.15) is 0 Å².